The van der Waals surface area contributed by atoms with Gasteiger partial charge in [0.1, 0.15) is 9.52 Å². The predicted molar refractivity (Wildman–Crippen MR) is 59.0 cm³/mol. The van der Waals surface area contributed by atoms with E-state index in [-0.39, 0.29) is 11.4 Å². The van der Waals surface area contributed by atoms with E-state index in [1.54, 1.807) is 0 Å². The van der Waals surface area contributed by atoms with Crippen LogP contribution >= 0.6 is 38.5 Å². The summed E-state index contributed by atoms with van der Waals surface area (Å²) in [6, 6.07) is 1.21. The standard InChI is InChI=1S/C7H6BrF2IN2/c8-2-4-3(6(9)10)1-5(12)13-7(4)11/h1,6H,2H2,(H2,12,13). The molecular formula is C7H6BrF2IN2. The van der Waals surface area contributed by atoms with Crippen molar-refractivity contribution in [3.63, 3.8) is 0 Å². The van der Waals surface area contributed by atoms with Gasteiger partial charge in [-0.1, -0.05) is 15.9 Å². The fourth-order valence-electron chi connectivity index (χ4n) is 0.906. The van der Waals surface area contributed by atoms with Crippen LogP contribution in [0.25, 0.3) is 0 Å². The van der Waals surface area contributed by atoms with Crippen molar-refractivity contribution in [3.05, 3.63) is 20.9 Å². The minimum Gasteiger partial charge on any atom is -0.384 e. The molecule has 0 aliphatic rings. The maximum atomic E-state index is 12.5. The van der Waals surface area contributed by atoms with E-state index in [1.807, 2.05) is 22.6 Å². The quantitative estimate of drug-likeness (QED) is 0.499. The molecule has 1 aromatic rings. The molecule has 0 amide bonds. The number of pyridine rings is 1. The van der Waals surface area contributed by atoms with Gasteiger partial charge in [0.15, 0.2) is 0 Å². The molecule has 2 N–H and O–H groups in total. The lowest BCUT2D eigenvalue weighted by molar-refractivity contribution is 0.150. The van der Waals surface area contributed by atoms with Crippen LogP contribution < -0.4 is 5.73 Å². The van der Waals surface area contributed by atoms with Crippen LogP contribution in [0.5, 0.6) is 0 Å². The van der Waals surface area contributed by atoms with Gasteiger partial charge in [-0.05, 0) is 28.7 Å². The van der Waals surface area contributed by atoms with Crippen molar-refractivity contribution in [2.45, 2.75) is 11.8 Å². The summed E-state index contributed by atoms with van der Waals surface area (Å²) in [5.41, 5.74) is 5.81. The van der Waals surface area contributed by atoms with Crippen molar-refractivity contribution in [1.82, 2.24) is 4.98 Å². The van der Waals surface area contributed by atoms with Gasteiger partial charge in [-0.15, -0.1) is 0 Å². The fourth-order valence-corrected chi connectivity index (χ4v) is 2.80. The lowest BCUT2D eigenvalue weighted by Gasteiger charge is -2.08. The third kappa shape index (κ3) is 2.49. The van der Waals surface area contributed by atoms with Gasteiger partial charge in [-0.2, -0.15) is 0 Å². The molecule has 0 fully saturated rings. The summed E-state index contributed by atoms with van der Waals surface area (Å²) < 4.78 is 25.5. The summed E-state index contributed by atoms with van der Waals surface area (Å²) in [5.74, 6) is 0.129. The molecule has 0 radical (unpaired) electrons. The van der Waals surface area contributed by atoms with Crippen LogP contribution in [0.2, 0.25) is 0 Å². The van der Waals surface area contributed by atoms with E-state index in [9.17, 15) is 8.78 Å². The Labute approximate surface area is 96.2 Å². The van der Waals surface area contributed by atoms with Crippen molar-refractivity contribution in [2.75, 3.05) is 5.73 Å². The Hall–Kier alpha value is 0.0200. The summed E-state index contributed by atoms with van der Waals surface area (Å²) in [6.45, 7) is 0. The molecule has 0 aliphatic heterocycles. The molecule has 0 saturated heterocycles. The second-order valence-electron chi connectivity index (χ2n) is 2.34. The van der Waals surface area contributed by atoms with Crippen LogP contribution in [-0.4, -0.2) is 4.98 Å². The molecule has 0 unspecified atom stereocenters. The van der Waals surface area contributed by atoms with Gasteiger partial charge in [0.2, 0.25) is 0 Å². The highest BCUT2D eigenvalue weighted by atomic mass is 127. The fraction of sp³-hybridized carbons (Fsp3) is 0.286. The maximum absolute atomic E-state index is 12.5. The monoisotopic (exact) mass is 362 g/mol. The number of alkyl halides is 3. The van der Waals surface area contributed by atoms with Crippen molar-refractivity contribution in [3.8, 4) is 0 Å². The summed E-state index contributed by atoms with van der Waals surface area (Å²) in [4.78, 5) is 3.89. The van der Waals surface area contributed by atoms with E-state index in [0.717, 1.165) is 0 Å². The largest absolute Gasteiger partial charge is 0.384 e. The van der Waals surface area contributed by atoms with Crippen LogP contribution in [0.1, 0.15) is 17.6 Å². The highest BCUT2D eigenvalue weighted by Gasteiger charge is 2.16. The van der Waals surface area contributed by atoms with E-state index in [1.165, 1.54) is 6.07 Å². The van der Waals surface area contributed by atoms with Gasteiger partial charge >= 0.3 is 0 Å². The average Bonchev–Trinajstić information content (AvgIpc) is 2.02. The number of nitrogens with two attached hydrogens (primary N) is 1. The average molecular weight is 363 g/mol. The Morgan fingerprint density at radius 1 is 1.62 bits per heavy atom. The van der Waals surface area contributed by atoms with Crippen molar-refractivity contribution >= 4 is 44.3 Å². The van der Waals surface area contributed by atoms with E-state index < -0.39 is 6.43 Å². The molecule has 0 aliphatic carbocycles. The Kier molecular flexibility index (Phi) is 3.84. The molecular weight excluding hydrogens is 357 g/mol. The number of rotatable bonds is 2. The second-order valence-corrected chi connectivity index (χ2v) is 3.92. The molecule has 0 aromatic carbocycles. The number of halogens is 4. The summed E-state index contributed by atoms with van der Waals surface area (Å²) in [7, 11) is 0. The number of hydrogen-bond acceptors (Lipinski definition) is 2. The summed E-state index contributed by atoms with van der Waals surface area (Å²) >= 11 is 5.02. The van der Waals surface area contributed by atoms with Crippen LogP contribution in [0.15, 0.2) is 6.07 Å². The van der Waals surface area contributed by atoms with E-state index >= 15 is 0 Å². The van der Waals surface area contributed by atoms with Crippen LogP contribution in [0, 0.1) is 3.70 Å². The lowest BCUT2D eigenvalue weighted by Crippen LogP contribution is -2.02. The Morgan fingerprint density at radius 2 is 2.23 bits per heavy atom. The van der Waals surface area contributed by atoms with Gasteiger partial charge in [-0.25, -0.2) is 13.8 Å². The Balaban J connectivity index is 3.29. The molecule has 1 rings (SSSR count). The number of hydrogen-bond donors (Lipinski definition) is 1. The molecule has 0 saturated carbocycles. The topological polar surface area (TPSA) is 38.9 Å². The first kappa shape index (κ1) is 11.1. The number of aromatic nitrogens is 1. The molecule has 0 atom stereocenters. The van der Waals surface area contributed by atoms with Crippen molar-refractivity contribution < 1.29 is 8.78 Å². The zero-order chi connectivity index (χ0) is 10.0. The second kappa shape index (κ2) is 4.50. The molecule has 6 heteroatoms. The van der Waals surface area contributed by atoms with Gasteiger partial charge in [-0.3, -0.25) is 0 Å². The van der Waals surface area contributed by atoms with Crippen LogP contribution in [0.4, 0.5) is 14.6 Å². The summed E-state index contributed by atoms with van der Waals surface area (Å²) in [6.07, 6.45) is -2.51. The Bertz CT molecular complexity index is 320. The summed E-state index contributed by atoms with van der Waals surface area (Å²) in [5, 5.41) is 0.359. The van der Waals surface area contributed by atoms with Crippen molar-refractivity contribution in [2.24, 2.45) is 0 Å². The molecule has 1 aromatic heterocycles. The minimum atomic E-state index is -2.51. The highest BCUT2D eigenvalue weighted by molar-refractivity contribution is 14.1. The number of anilines is 1. The van der Waals surface area contributed by atoms with E-state index in [2.05, 4.69) is 20.9 Å². The van der Waals surface area contributed by atoms with Crippen LogP contribution in [-0.2, 0) is 5.33 Å². The first-order valence-corrected chi connectivity index (χ1v) is 5.55. The molecule has 1 heterocycles. The first-order valence-electron chi connectivity index (χ1n) is 3.35. The first-order chi connectivity index (χ1) is 6.06. The SMILES string of the molecule is Nc1cc(C(F)F)c(CBr)c(I)n1. The molecule has 13 heavy (non-hydrogen) atoms. The maximum Gasteiger partial charge on any atom is 0.264 e. The lowest BCUT2D eigenvalue weighted by atomic mass is 10.1. The number of nitrogens with zero attached hydrogens (tertiary/aromatic N) is 1. The van der Waals surface area contributed by atoms with Crippen molar-refractivity contribution in [1.29, 1.82) is 0 Å². The third-order valence-corrected chi connectivity index (χ3v) is 2.95. The smallest absolute Gasteiger partial charge is 0.264 e. The van der Waals surface area contributed by atoms with Gasteiger partial charge in [0.05, 0.1) is 0 Å². The van der Waals surface area contributed by atoms with Gasteiger partial charge < -0.3 is 5.73 Å². The Morgan fingerprint density at radius 3 is 2.69 bits per heavy atom. The highest BCUT2D eigenvalue weighted by Crippen LogP contribution is 2.28. The molecule has 0 spiro atoms. The van der Waals surface area contributed by atoms with Gasteiger partial charge in [0, 0.05) is 16.5 Å². The van der Waals surface area contributed by atoms with E-state index in [4.69, 9.17) is 5.73 Å². The molecule has 0 bridgehead atoms. The van der Waals surface area contributed by atoms with Gasteiger partial charge in [0.25, 0.3) is 6.43 Å². The minimum absolute atomic E-state index is 0.0474. The molecule has 72 valence electrons. The molecule has 2 nitrogen and oxygen atoms in total. The zero-order valence-electron chi connectivity index (χ0n) is 6.40. The zero-order valence-corrected chi connectivity index (χ0v) is 10.1. The third-order valence-electron chi connectivity index (χ3n) is 1.50. The predicted octanol–water partition coefficient (Wildman–Crippen LogP) is 3.10. The normalized spacial score (nSPS) is 10.8. The van der Waals surface area contributed by atoms with E-state index in [0.29, 0.717) is 14.6 Å². The van der Waals surface area contributed by atoms with Crippen LogP contribution in [0.3, 0.4) is 0 Å². The number of nitrogen functional groups attached to an aromatic ring is 1.